The highest BCUT2D eigenvalue weighted by molar-refractivity contribution is 5.73. The highest BCUT2D eigenvalue weighted by atomic mass is 16.5. The van der Waals surface area contributed by atoms with Gasteiger partial charge in [0.05, 0.1) is 13.2 Å². The summed E-state index contributed by atoms with van der Waals surface area (Å²) in [5.74, 6) is 1.81. The number of aryl methyl sites for hydroxylation is 2. The molecule has 5 aromatic rings. The zero-order chi connectivity index (χ0) is 28.7. The van der Waals surface area contributed by atoms with Gasteiger partial charge in [0, 0.05) is 37.1 Å². The van der Waals surface area contributed by atoms with Gasteiger partial charge in [0.15, 0.2) is 37.9 Å². The van der Waals surface area contributed by atoms with Gasteiger partial charge in [-0.15, -0.1) is 0 Å². The molecule has 0 saturated heterocycles. The smallest absolute Gasteiger partial charge is 0.168 e. The van der Waals surface area contributed by atoms with E-state index in [0.717, 1.165) is 59.7 Å². The standard InChI is InChI=1S/C38H38N2O2/c1-3-25-39(26-4-1)29-7-31-41-37-21-17-35(18-22-37)15-13-33-9-11-34(12-10-33)14-16-36-19-23-38(24-20-36)42-32-8-30-40-27-5-2-6-28-40/h1-6,9-28H,7-8,29-32H2/q+2/b15-13+,16-14+. The molecular weight excluding hydrogens is 516 g/mol. The van der Waals surface area contributed by atoms with Gasteiger partial charge in [0.1, 0.15) is 11.5 Å². The molecule has 210 valence electrons. The molecule has 0 unspecified atom stereocenters. The van der Waals surface area contributed by atoms with Crippen molar-refractivity contribution in [3.05, 3.63) is 156 Å². The van der Waals surface area contributed by atoms with Crippen LogP contribution >= 0.6 is 0 Å². The molecule has 5 rings (SSSR count). The first-order valence-electron chi connectivity index (χ1n) is 14.6. The molecule has 0 bridgehead atoms. The molecule has 0 amide bonds. The summed E-state index contributed by atoms with van der Waals surface area (Å²) in [6.45, 7) is 3.31. The lowest BCUT2D eigenvalue weighted by molar-refractivity contribution is -0.697. The van der Waals surface area contributed by atoms with Crippen LogP contribution in [0.3, 0.4) is 0 Å². The monoisotopic (exact) mass is 554 g/mol. The van der Waals surface area contributed by atoms with Gasteiger partial charge in [-0.3, -0.25) is 0 Å². The highest BCUT2D eigenvalue weighted by Gasteiger charge is 2.01. The zero-order valence-electron chi connectivity index (χ0n) is 24.0. The average molecular weight is 555 g/mol. The van der Waals surface area contributed by atoms with Crippen LogP contribution < -0.4 is 18.6 Å². The van der Waals surface area contributed by atoms with Gasteiger partial charge in [-0.2, -0.15) is 0 Å². The van der Waals surface area contributed by atoms with Crippen molar-refractivity contribution in [2.75, 3.05) is 13.2 Å². The van der Waals surface area contributed by atoms with Crippen LogP contribution in [0.5, 0.6) is 11.5 Å². The second kappa shape index (κ2) is 15.7. The minimum atomic E-state index is 0.701. The number of aromatic nitrogens is 2. The van der Waals surface area contributed by atoms with E-state index in [1.165, 1.54) is 0 Å². The first-order valence-corrected chi connectivity index (χ1v) is 14.6. The topological polar surface area (TPSA) is 26.2 Å². The Morgan fingerprint density at radius 1 is 0.405 bits per heavy atom. The van der Waals surface area contributed by atoms with Crippen molar-refractivity contribution in [3.8, 4) is 11.5 Å². The minimum Gasteiger partial charge on any atom is -0.493 e. The van der Waals surface area contributed by atoms with Crippen molar-refractivity contribution >= 4 is 24.3 Å². The summed E-state index contributed by atoms with van der Waals surface area (Å²) in [5, 5.41) is 0. The second-order valence-electron chi connectivity index (χ2n) is 10.1. The molecule has 2 aromatic heterocycles. The molecule has 2 heterocycles. The maximum absolute atomic E-state index is 5.90. The van der Waals surface area contributed by atoms with Crippen LogP contribution in [0.15, 0.2) is 134 Å². The van der Waals surface area contributed by atoms with Crippen molar-refractivity contribution < 1.29 is 18.6 Å². The van der Waals surface area contributed by atoms with E-state index >= 15 is 0 Å². The van der Waals surface area contributed by atoms with E-state index in [1.807, 2.05) is 60.7 Å². The fraction of sp³-hybridized carbons (Fsp3) is 0.158. The number of nitrogens with zero attached hydrogens (tertiary/aromatic N) is 2. The fourth-order valence-corrected chi connectivity index (χ4v) is 4.49. The first kappa shape index (κ1) is 28.6. The molecule has 0 radical (unpaired) electrons. The predicted octanol–water partition coefficient (Wildman–Crippen LogP) is 7.54. The van der Waals surface area contributed by atoms with E-state index in [0.29, 0.717) is 13.2 Å². The van der Waals surface area contributed by atoms with Gasteiger partial charge in [0.2, 0.25) is 0 Å². The Kier molecular flexibility index (Phi) is 10.7. The summed E-state index contributed by atoms with van der Waals surface area (Å²) in [6.07, 6.45) is 18.8. The van der Waals surface area contributed by atoms with Gasteiger partial charge >= 0.3 is 0 Å². The molecule has 0 atom stereocenters. The largest absolute Gasteiger partial charge is 0.493 e. The maximum Gasteiger partial charge on any atom is 0.168 e. The molecule has 42 heavy (non-hydrogen) atoms. The van der Waals surface area contributed by atoms with E-state index in [-0.39, 0.29) is 0 Å². The lowest BCUT2D eigenvalue weighted by atomic mass is 10.1. The molecule has 4 heteroatoms. The van der Waals surface area contributed by atoms with Gasteiger partial charge in [0.25, 0.3) is 0 Å². The zero-order valence-corrected chi connectivity index (χ0v) is 24.0. The van der Waals surface area contributed by atoms with Gasteiger partial charge < -0.3 is 9.47 Å². The van der Waals surface area contributed by atoms with Gasteiger partial charge in [-0.1, -0.05) is 85.0 Å². The van der Waals surface area contributed by atoms with E-state index < -0.39 is 0 Å². The Bertz CT molecular complexity index is 1410. The molecule has 0 saturated carbocycles. The second-order valence-corrected chi connectivity index (χ2v) is 10.1. The lowest BCUT2D eigenvalue weighted by Crippen LogP contribution is -2.33. The van der Waals surface area contributed by atoms with Crippen LogP contribution in [-0.2, 0) is 13.1 Å². The molecule has 0 aliphatic rings. The highest BCUT2D eigenvalue weighted by Crippen LogP contribution is 2.17. The fourth-order valence-electron chi connectivity index (χ4n) is 4.49. The van der Waals surface area contributed by atoms with Gasteiger partial charge in [-0.25, -0.2) is 9.13 Å². The Morgan fingerprint density at radius 3 is 1.05 bits per heavy atom. The van der Waals surface area contributed by atoms with Crippen LogP contribution in [0.25, 0.3) is 24.3 Å². The Morgan fingerprint density at radius 2 is 0.714 bits per heavy atom. The minimum absolute atomic E-state index is 0.701. The third-order valence-corrected chi connectivity index (χ3v) is 6.85. The summed E-state index contributed by atoms with van der Waals surface area (Å²) in [4.78, 5) is 0. The van der Waals surface area contributed by atoms with Gasteiger partial charge in [-0.05, 0) is 46.5 Å². The van der Waals surface area contributed by atoms with Crippen molar-refractivity contribution in [3.63, 3.8) is 0 Å². The third kappa shape index (κ3) is 9.60. The predicted molar refractivity (Wildman–Crippen MR) is 171 cm³/mol. The van der Waals surface area contributed by atoms with E-state index in [1.54, 1.807) is 0 Å². The summed E-state index contributed by atoms with van der Waals surface area (Å²) < 4.78 is 16.1. The maximum atomic E-state index is 5.90. The number of rotatable bonds is 14. The molecule has 3 aromatic carbocycles. The molecular formula is C38H38N2O2+2. The third-order valence-electron chi connectivity index (χ3n) is 6.85. The summed E-state index contributed by atoms with van der Waals surface area (Å²) in [6, 6.07) is 37.3. The summed E-state index contributed by atoms with van der Waals surface area (Å²) in [5.41, 5.74) is 4.62. The van der Waals surface area contributed by atoms with Crippen molar-refractivity contribution in [2.45, 2.75) is 25.9 Å². The number of pyridine rings is 2. The first-order chi connectivity index (χ1) is 20.8. The van der Waals surface area contributed by atoms with Crippen LogP contribution in [0.1, 0.15) is 35.1 Å². The van der Waals surface area contributed by atoms with Crippen molar-refractivity contribution in [2.24, 2.45) is 0 Å². The van der Waals surface area contributed by atoms with Crippen LogP contribution in [0, 0.1) is 0 Å². The molecule has 0 N–H and O–H groups in total. The Hall–Kier alpha value is -4.96. The Labute approximate surface area is 249 Å². The van der Waals surface area contributed by atoms with E-state index in [2.05, 4.69) is 107 Å². The number of benzene rings is 3. The number of hydrogen-bond donors (Lipinski definition) is 0. The molecule has 0 aliphatic carbocycles. The lowest BCUT2D eigenvalue weighted by Gasteiger charge is -2.05. The summed E-state index contributed by atoms with van der Waals surface area (Å²) in [7, 11) is 0. The van der Waals surface area contributed by atoms with Crippen LogP contribution in [0.2, 0.25) is 0 Å². The van der Waals surface area contributed by atoms with E-state index in [4.69, 9.17) is 9.47 Å². The molecule has 0 aliphatic heterocycles. The number of hydrogen-bond acceptors (Lipinski definition) is 2. The molecule has 4 nitrogen and oxygen atoms in total. The van der Waals surface area contributed by atoms with E-state index in [9.17, 15) is 0 Å². The van der Waals surface area contributed by atoms with Crippen LogP contribution in [0.4, 0.5) is 0 Å². The van der Waals surface area contributed by atoms with Crippen molar-refractivity contribution in [1.29, 1.82) is 0 Å². The number of ether oxygens (including phenoxy) is 2. The normalized spacial score (nSPS) is 11.2. The molecule has 0 spiro atoms. The van der Waals surface area contributed by atoms with Crippen molar-refractivity contribution in [1.82, 2.24) is 0 Å². The molecule has 0 fully saturated rings. The Balaban J connectivity index is 1.02. The summed E-state index contributed by atoms with van der Waals surface area (Å²) >= 11 is 0. The SMILES string of the molecule is C(=C\c1ccc(OCCC[n+]2ccccc2)cc1)/c1ccc(/C=C/c2ccc(OCCC[n+]3ccccc3)cc2)cc1. The van der Waals surface area contributed by atoms with Crippen LogP contribution in [-0.4, -0.2) is 13.2 Å². The quantitative estimate of drug-likeness (QED) is 0.0805. The average Bonchev–Trinajstić information content (AvgIpc) is 3.06.